The lowest BCUT2D eigenvalue weighted by atomic mass is 10.2. The van der Waals surface area contributed by atoms with E-state index in [0.29, 0.717) is 5.56 Å². The average molecular weight is 272 g/mol. The van der Waals surface area contributed by atoms with Crippen molar-refractivity contribution in [2.75, 3.05) is 7.11 Å². The monoisotopic (exact) mass is 271 g/mol. The number of hydrogen-bond donors (Lipinski definition) is 0. The Morgan fingerprint density at radius 1 is 1.57 bits per heavy atom. The fourth-order valence-electron chi connectivity index (χ4n) is 1.15. The summed E-state index contributed by atoms with van der Waals surface area (Å²) < 4.78 is 10.6. The lowest BCUT2D eigenvalue weighted by molar-refractivity contribution is 0.0601. The molecule has 0 amide bonds. The predicted octanol–water partition coefficient (Wildman–Crippen LogP) is 2.85. The Bertz CT molecular complexity index is 495. The van der Waals surface area contributed by atoms with Crippen LogP contribution < -0.4 is 0 Å². The summed E-state index contributed by atoms with van der Waals surface area (Å²) in [5.74, 6) is -0.329. The van der Waals surface area contributed by atoms with Gasteiger partial charge in [-0.25, -0.2) is 4.79 Å². The minimum absolute atomic E-state index is 0.329. The van der Waals surface area contributed by atoms with Crippen molar-refractivity contribution < 1.29 is 9.53 Å². The molecule has 1 aromatic carbocycles. The number of nitrogens with zero attached hydrogens (tertiary/aromatic N) is 1. The summed E-state index contributed by atoms with van der Waals surface area (Å²) in [4.78, 5) is 11.2. The molecule has 3 nitrogen and oxygen atoms in total. The molecule has 0 bridgehead atoms. The first-order valence-corrected chi connectivity index (χ1v) is 5.42. The SMILES string of the molecule is COC(=O)c1ccc2snc(Br)c2c1. The Hall–Kier alpha value is -0.940. The Labute approximate surface area is 93.0 Å². The molecule has 0 fully saturated rings. The molecule has 0 radical (unpaired) electrons. The second kappa shape index (κ2) is 3.67. The van der Waals surface area contributed by atoms with Crippen LogP contribution in [0.1, 0.15) is 10.4 Å². The maximum Gasteiger partial charge on any atom is 0.337 e. The van der Waals surface area contributed by atoms with E-state index in [0.717, 1.165) is 14.7 Å². The van der Waals surface area contributed by atoms with Gasteiger partial charge in [-0.2, -0.15) is 4.37 Å². The molecule has 0 atom stereocenters. The molecule has 2 rings (SSSR count). The van der Waals surface area contributed by atoms with Gasteiger partial charge in [-0.15, -0.1) is 0 Å². The summed E-state index contributed by atoms with van der Waals surface area (Å²) in [5.41, 5.74) is 0.543. The fraction of sp³-hybridized carbons (Fsp3) is 0.111. The highest BCUT2D eigenvalue weighted by Crippen LogP contribution is 2.27. The smallest absolute Gasteiger partial charge is 0.337 e. The molecule has 1 aromatic heterocycles. The molecular formula is C9H6BrNO2S. The number of hydrogen-bond acceptors (Lipinski definition) is 4. The summed E-state index contributed by atoms with van der Waals surface area (Å²) >= 11 is 4.71. The normalized spacial score (nSPS) is 10.4. The number of rotatable bonds is 1. The number of esters is 1. The van der Waals surface area contributed by atoms with E-state index in [1.807, 2.05) is 6.07 Å². The predicted molar refractivity (Wildman–Crippen MR) is 58.7 cm³/mol. The average Bonchev–Trinajstić information content (AvgIpc) is 2.59. The van der Waals surface area contributed by atoms with E-state index in [2.05, 4.69) is 25.0 Å². The number of aromatic nitrogens is 1. The first-order valence-electron chi connectivity index (χ1n) is 3.85. The van der Waals surface area contributed by atoms with Gasteiger partial charge in [0.2, 0.25) is 0 Å². The van der Waals surface area contributed by atoms with Gasteiger partial charge in [0.1, 0.15) is 4.60 Å². The zero-order valence-corrected chi connectivity index (χ0v) is 9.68. The molecule has 0 saturated carbocycles. The standard InChI is InChI=1S/C9H6BrNO2S/c1-13-9(12)5-2-3-7-6(4-5)8(10)11-14-7/h2-4H,1H3. The van der Waals surface area contributed by atoms with Crippen LogP contribution in [0.25, 0.3) is 10.1 Å². The molecule has 5 heteroatoms. The summed E-state index contributed by atoms with van der Waals surface area (Å²) in [6.07, 6.45) is 0. The molecule has 0 aliphatic rings. The zero-order valence-electron chi connectivity index (χ0n) is 7.28. The number of carbonyl (C=O) groups excluding carboxylic acids is 1. The maximum atomic E-state index is 11.2. The molecule has 2 aromatic rings. The van der Waals surface area contributed by atoms with Gasteiger partial charge in [0.15, 0.2) is 0 Å². The number of ether oxygens (including phenoxy) is 1. The number of benzene rings is 1. The van der Waals surface area contributed by atoms with Gasteiger partial charge in [0.25, 0.3) is 0 Å². The van der Waals surface area contributed by atoms with Crippen molar-refractivity contribution >= 4 is 43.5 Å². The molecular weight excluding hydrogens is 266 g/mol. The van der Waals surface area contributed by atoms with Crippen LogP contribution in [0, 0.1) is 0 Å². The number of halogens is 1. The lowest BCUT2D eigenvalue weighted by Crippen LogP contribution is -2.00. The lowest BCUT2D eigenvalue weighted by Gasteiger charge is -1.98. The van der Waals surface area contributed by atoms with Crippen LogP contribution in [0.15, 0.2) is 22.8 Å². The minimum Gasteiger partial charge on any atom is -0.465 e. The van der Waals surface area contributed by atoms with Gasteiger partial charge in [-0.05, 0) is 45.7 Å². The molecule has 0 aliphatic carbocycles. The van der Waals surface area contributed by atoms with E-state index in [1.54, 1.807) is 12.1 Å². The van der Waals surface area contributed by atoms with Gasteiger partial charge in [0.05, 0.1) is 17.4 Å². The van der Waals surface area contributed by atoms with Crippen molar-refractivity contribution in [2.24, 2.45) is 0 Å². The quantitative estimate of drug-likeness (QED) is 0.749. The van der Waals surface area contributed by atoms with Gasteiger partial charge in [0, 0.05) is 5.39 Å². The third kappa shape index (κ3) is 1.53. The third-order valence-electron chi connectivity index (χ3n) is 1.85. The van der Waals surface area contributed by atoms with Crippen LogP contribution in [-0.2, 0) is 4.74 Å². The van der Waals surface area contributed by atoms with Gasteiger partial charge >= 0.3 is 5.97 Å². The van der Waals surface area contributed by atoms with Crippen LogP contribution in [-0.4, -0.2) is 17.5 Å². The Morgan fingerprint density at radius 2 is 2.36 bits per heavy atom. The second-order valence-electron chi connectivity index (χ2n) is 2.68. The molecule has 0 unspecified atom stereocenters. The summed E-state index contributed by atoms with van der Waals surface area (Å²) in [6.45, 7) is 0. The second-order valence-corrected chi connectivity index (χ2v) is 4.23. The number of fused-ring (bicyclic) bond motifs is 1. The van der Waals surface area contributed by atoms with E-state index in [4.69, 9.17) is 0 Å². The zero-order chi connectivity index (χ0) is 10.1. The summed E-state index contributed by atoms with van der Waals surface area (Å²) in [7, 11) is 1.37. The number of methoxy groups -OCH3 is 1. The van der Waals surface area contributed by atoms with E-state index in [9.17, 15) is 4.79 Å². The molecule has 0 N–H and O–H groups in total. The largest absolute Gasteiger partial charge is 0.465 e. The van der Waals surface area contributed by atoms with Gasteiger partial charge in [-0.1, -0.05) is 0 Å². The van der Waals surface area contributed by atoms with Gasteiger partial charge < -0.3 is 4.74 Å². The highest BCUT2D eigenvalue weighted by molar-refractivity contribution is 9.10. The molecule has 0 spiro atoms. The van der Waals surface area contributed by atoms with Crippen LogP contribution in [0.4, 0.5) is 0 Å². The van der Waals surface area contributed by atoms with Crippen molar-refractivity contribution in [3.05, 3.63) is 28.4 Å². The number of carbonyl (C=O) groups is 1. The summed E-state index contributed by atoms with van der Waals surface area (Å²) in [5, 5.41) is 0.943. The van der Waals surface area contributed by atoms with Crippen molar-refractivity contribution in [1.82, 2.24) is 4.37 Å². The third-order valence-corrected chi connectivity index (χ3v) is 3.51. The highest BCUT2D eigenvalue weighted by Gasteiger charge is 2.09. The first-order chi connectivity index (χ1) is 6.72. The van der Waals surface area contributed by atoms with Crippen LogP contribution >= 0.6 is 27.5 Å². The Morgan fingerprint density at radius 3 is 3.07 bits per heavy atom. The van der Waals surface area contributed by atoms with E-state index < -0.39 is 0 Å². The van der Waals surface area contributed by atoms with Crippen molar-refractivity contribution in [3.8, 4) is 0 Å². The minimum atomic E-state index is -0.329. The fourth-order valence-corrected chi connectivity index (χ4v) is 2.49. The molecule has 14 heavy (non-hydrogen) atoms. The van der Waals surface area contributed by atoms with Crippen LogP contribution in [0.5, 0.6) is 0 Å². The molecule has 0 saturated heterocycles. The van der Waals surface area contributed by atoms with E-state index in [-0.39, 0.29) is 5.97 Å². The Kier molecular flexibility index (Phi) is 2.52. The maximum absolute atomic E-state index is 11.2. The molecule has 0 aliphatic heterocycles. The highest BCUT2D eigenvalue weighted by atomic mass is 79.9. The Balaban J connectivity index is 2.60. The van der Waals surface area contributed by atoms with Crippen molar-refractivity contribution in [1.29, 1.82) is 0 Å². The van der Waals surface area contributed by atoms with Crippen molar-refractivity contribution in [3.63, 3.8) is 0 Å². The molecule has 72 valence electrons. The summed E-state index contributed by atoms with van der Waals surface area (Å²) in [6, 6.07) is 5.37. The van der Waals surface area contributed by atoms with Crippen LogP contribution in [0.3, 0.4) is 0 Å². The van der Waals surface area contributed by atoms with Crippen molar-refractivity contribution in [2.45, 2.75) is 0 Å². The topological polar surface area (TPSA) is 39.2 Å². The van der Waals surface area contributed by atoms with E-state index >= 15 is 0 Å². The molecule has 1 heterocycles. The first kappa shape index (κ1) is 9.61. The van der Waals surface area contributed by atoms with Gasteiger partial charge in [-0.3, -0.25) is 0 Å². The van der Waals surface area contributed by atoms with E-state index in [1.165, 1.54) is 18.6 Å². The van der Waals surface area contributed by atoms with Crippen LogP contribution in [0.2, 0.25) is 0 Å².